The minimum absolute atomic E-state index is 0. The van der Waals surface area contributed by atoms with E-state index in [0.29, 0.717) is 32.3 Å². The molecule has 319 valence electrons. The zero-order valence-corrected chi connectivity index (χ0v) is 44.8. The Morgan fingerprint density at radius 3 is 1.47 bits per heavy atom. The summed E-state index contributed by atoms with van der Waals surface area (Å²) in [5, 5.41) is 11.4. The Morgan fingerprint density at radius 2 is 1.12 bits per heavy atom. The summed E-state index contributed by atoms with van der Waals surface area (Å²) in [7, 11) is 0. The first kappa shape index (κ1) is 51.3. The van der Waals surface area contributed by atoms with E-state index in [9.17, 15) is 14.4 Å². The van der Waals surface area contributed by atoms with Crippen LogP contribution in [0.5, 0.6) is 0 Å². The average Bonchev–Trinajstić information content (AvgIpc) is 3.53. The predicted molar refractivity (Wildman–Crippen MR) is 243 cm³/mol. The van der Waals surface area contributed by atoms with Gasteiger partial charge in [-0.3, -0.25) is 9.59 Å². The van der Waals surface area contributed by atoms with Gasteiger partial charge in [0.2, 0.25) is 11.8 Å². The normalized spacial score (nSPS) is 20.6. The monoisotopic (exact) mass is 1200 g/mol. The summed E-state index contributed by atoms with van der Waals surface area (Å²) in [6.45, 7) is 24.9. The second-order valence-electron chi connectivity index (χ2n) is 18.5. The van der Waals surface area contributed by atoms with Crippen LogP contribution >= 0.6 is 60.4 Å². The number of carbonyl (C=O) groups excluding carboxylic acids is 3. The maximum absolute atomic E-state index is 12.5. The summed E-state index contributed by atoms with van der Waals surface area (Å²) in [6.07, 6.45) is 5.82. The van der Waals surface area contributed by atoms with Gasteiger partial charge in [0.05, 0.1) is 0 Å². The summed E-state index contributed by atoms with van der Waals surface area (Å²) in [4.78, 5) is 37.9. The number of nitrogens with zero attached hydrogens (tertiary/aromatic N) is 1. The van der Waals surface area contributed by atoms with Crippen molar-refractivity contribution in [2.24, 2.45) is 0 Å². The molecule has 6 rings (SSSR count). The molecule has 3 N–H and O–H groups in total. The molecule has 2 aliphatic carbocycles. The molecule has 4 aliphatic rings. The summed E-state index contributed by atoms with van der Waals surface area (Å²) < 4.78 is 5.57. The maximum atomic E-state index is 12.5. The van der Waals surface area contributed by atoms with Crippen LogP contribution in [0.2, 0.25) is 10.0 Å². The van der Waals surface area contributed by atoms with Gasteiger partial charge >= 0.3 is 56.6 Å². The number of piperidine rings is 2. The third kappa shape index (κ3) is 12.3. The molecule has 2 aliphatic heterocycles. The summed E-state index contributed by atoms with van der Waals surface area (Å²) in [6, 6.07) is 8.77. The van der Waals surface area contributed by atoms with Crippen molar-refractivity contribution >= 4 is 78.3 Å². The van der Waals surface area contributed by atoms with E-state index in [2.05, 4.69) is 112 Å². The number of hydrogen-bond donors (Lipinski definition) is 3. The van der Waals surface area contributed by atoms with Gasteiger partial charge in [-0.25, -0.2) is 4.79 Å². The summed E-state index contributed by atoms with van der Waals surface area (Å²) in [5.74, 6) is 0.539. The zero-order valence-electron chi connectivity index (χ0n) is 35.5. The molecular formula is C43H62Cl2I3N4O4V-. The first-order valence-corrected chi connectivity index (χ1v) is 33.0. The van der Waals surface area contributed by atoms with Crippen LogP contribution in [0.4, 0.5) is 4.79 Å². The van der Waals surface area contributed by atoms with Gasteiger partial charge in [-0.15, -0.1) is 0 Å². The number of likely N-dealkylation sites (tertiary alicyclic amines) is 1. The number of benzene rings is 2. The van der Waals surface area contributed by atoms with E-state index in [1.807, 2.05) is 32.6 Å². The van der Waals surface area contributed by atoms with Crippen molar-refractivity contribution in [1.29, 1.82) is 0 Å². The SMILES string of the molecule is CC(=O)NC(C)(C)[C@@H]1CC2(CCN(C(=O)OC(C)(C)C)CC2)c2cc(Cl)c(C)cc21.CC(=O)NC(C)(C)[C@@H]1CC2(CCNCC2)c2cc(Cl)c(C)cc21.I[I-]I.[V]. The van der Waals surface area contributed by atoms with E-state index in [1.54, 1.807) is 13.8 Å². The Bertz CT molecular complexity index is 1770. The van der Waals surface area contributed by atoms with Crippen LogP contribution in [0.15, 0.2) is 24.3 Å². The molecule has 57 heavy (non-hydrogen) atoms. The van der Waals surface area contributed by atoms with Crippen molar-refractivity contribution in [3.05, 3.63) is 67.7 Å². The number of nitrogens with one attached hydrogen (secondary N) is 3. The van der Waals surface area contributed by atoms with Crippen LogP contribution in [0.1, 0.15) is 146 Å². The molecular weight excluding hydrogens is 1140 g/mol. The number of amides is 3. The number of hydrogen-bond acceptors (Lipinski definition) is 5. The molecule has 2 spiro atoms. The maximum Gasteiger partial charge on any atom is 0 e. The van der Waals surface area contributed by atoms with E-state index >= 15 is 0 Å². The first-order chi connectivity index (χ1) is 25.9. The molecule has 0 saturated carbocycles. The van der Waals surface area contributed by atoms with Crippen molar-refractivity contribution in [2.75, 3.05) is 26.2 Å². The number of carbonyl (C=O) groups is 3. The number of ether oxygens (including phenoxy) is 1. The van der Waals surface area contributed by atoms with Gasteiger partial charge in [0.25, 0.3) is 0 Å². The first-order valence-electron chi connectivity index (χ1n) is 19.6. The van der Waals surface area contributed by atoms with Crippen LogP contribution in [0, 0.1) is 13.8 Å². The molecule has 14 heteroatoms. The van der Waals surface area contributed by atoms with E-state index in [0.717, 1.165) is 72.8 Å². The fraction of sp³-hybridized carbons (Fsp3) is 0.651. The molecule has 2 aromatic rings. The summed E-state index contributed by atoms with van der Waals surface area (Å²) >= 11 is 18.3. The Labute approximate surface area is 393 Å². The molecule has 2 saturated heterocycles. The van der Waals surface area contributed by atoms with Crippen molar-refractivity contribution in [3.63, 3.8) is 0 Å². The molecule has 2 atom stereocenters. The minimum Gasteiger partial charge on any atom is 0 e. The number of fused-ring (bicyclic) bond motifs is 4. The van der Waals surface area contributed by atoms with Gasteiger partial charge in [-0.05, 0) is 170 Å². The minimum atomic E-state index is -0.495. The predicted octanol–water partition coefficient (Wildman–Crippen LogP) is 7.76. The molecule has 8 nitrogen and oxygen atoms in total. The van der Waals surface area contributed by atoms with E-state index in [-0.39, 0.29) is 64.3 Å². The fourth-order valence-corrected chi connectivity index (χ4v) is 10.1. The molecule has 2 aromatic carbocycles. The Morgan fingerprint density at radius 1 is 0.754 bits per heavy atom. The van der Waals surface area contributed by atoms with Gasteiger partial charge in [-0.1, -0.05) is 35.3 Å². The zero-order chi connectivity index (χ0) is 42.0. The van der Waals surface area contributed by atoms with E-state index in [4.69, 9.17) is 27.9 Å². The number of aryl methyl sites for hydroxylation is 2. The largest absolute Gasteiger partial charge is 0 e. The van der Waals surface area contributed by atoms with Crippen LogP contribution < -0.4 is 29.2 Å². The molecule has 2 heterocycles. The third-order valence-electron chi connectivity index (χ3n) is 12.4. The number of halogens is 5. The molecule has 0 aromatic heterocycles. The molecule has 0 unspecified atom stereocenters. The van der Waals surface area contributed by atoms with Gasteiger partial charge in [-0.2, -0.15) is 0 Å². The Balaban J connectivity index is 0.000000289. The second-order valence-corrected chi connectivity index (χ2v) is 35.6. The van der Waals surface area contributed by atoms with Crippen molar-refractivity contribution < 1.29 is 50.9 Å². The van der Waals surface area contributed by atoms with Crippen LogP contribution in [0.25, 0.3) is 0 Å². The van der Waals surface area contributed by atoms with Gasteiger partial charge in [0, 0.05) is 78.5 Å². The quantitative estimate of drug-likeness (QED) is 0.272. The van der Waals surface area contributed by atoms with E-state index < -0.39 is 5.60 Å². The molecule has 2 fully saturated rings. The summed E-state index contributed by atoms with van der Waals surface area (Å²) in [5.41, 5.74) is 6.59. The average molecular weight is 1200 g/mol. The standard InChI is InChI=1S/C24H35ClN2O3.C19H27ClN2O.I3.V/c1-15-12-17-18(13-20(15)25)24(14-19(17)23(6,7)26-16(2)28)8-10-27(11-9-24)21(29)30-22(3,4)5;1-12-9-14-15(10-17(12)20)19(5-7-21-8-6-19)11-16(14)18(3,4)22-13(2)23;1-3-2;/h12-13,19H,8-11,14H2,1-7H3,(H,26,28);9-10,16,21H,5-8,11H2,1-4H3,(H,22,23);;/q;;-1;/t19-;16-;;/m11../s1. The number of rotatable bonds is 4. The van der Waals surface area contributed by atoms with E-state index in [1.165, 1.54) is 22.3 Å². The van der Waals surface area contributed by atoms with Gasteiger partial charge < -0.3 is 25.6 Å². The topological polar surface area (TPSA) is 99.8 Å². The van der Waals surface area contributed by atoms with Crippen LogP contribution in [0.3, 0.4) is 0 Å². The van der Waals surface area contributed by atoms with Crippen LogP contribution in [-0.4, -0.2) is 65.7 Å². The molecule has 3 amide bonds. The van der Waals surface area contributed by atoms with Gasteiger partial charge in [0.15, 0.2) is 0 Å². The van der Waals surface area contributed by atoms with Gasteiger partial charge in [0.1, 0.15) is 5.60 Å². The fourth-order valence-electron chi connectivity index (χ4n) is 9.79. The molecule has 1 radical (unpaired) electrons. The third-order valence-corrected chi connectivity index (χ3v) is 13.2. The van der Waals surface area contributed by atoms with Crippen LogP contribution in [-0.2, 0) is 43.7 Å². The molecule has 0 bridgehead atoms. The van der Waals surface area contributed by atoms with Crippen molar-refractivity contribution in [1.82, 2.24) is 20.9 Å². The van der Waals surface area contributed by atoms with Crippen molar-refractivity contribution in [3.8, 4) is 0 Å². The Hall–Kier alpha value is -0.0356. The second kappa shape index (κ2) is 20.4. The van der Waals surface area contributed by atoms with Crippen molar-refractivity contribution in [2.45, 2.75) is 154 Å². The smallest absolute Gasteiger partial charge is 0 e. The Kier molecular flexibility index (Phi) is 18.4.